The summed E-state index contributed by atoms with van der Waals surface area (Å²) in [6, 6.07) is 6.22. The van der Waals surface area contributed by atoms with Crippen molar-refractivity contribution in [3.05, 3.63) is 47.8 Å². The van der Waals surface area contributed by atoms with Gasteiger partial charge in [-0.2, -0.15) is 4.39 Å². The first-order valence-corrected chi connectivity index (χ1v) is 7.15. The average molecular weight is 310 g/mol. The van der Waals surface area contributed by atoms with E-state index >= 15 is 0 Å². The molecule has 0 bridgehead atoms. The molecule has 0 amide bonds. The highest BCUT2D eigenvalue weighted by Gasteiger charge is 2.19. The van der Waals surface area contributed by atoms with Crippen molar-refractivity contribution in [1.29, 1.82) is 0 Å². The molecule has 0 saturated carbocycles. The molecular formula is C17H17F3O2. The average Bonchev–Trinajstić information content (AvgIpc) is 2.51. The Bertz CT molecular complexity index is 657. The van der Waals surface area contributed by atoms with Crippen LogP contribution in [0.1, 0.15) is 26.2 Å². The van der Waals surface area contributed by atoms with Gasteiger partial charge in [0.2, 0.25) is 5.82 Å². The lowest BCUT2D eigenvalue weighted by atomic mass is 10.0. The van der Waals surface area contributed by atoms with Gasteiger partial charge in [-0.3, -0.25) is 0 Å². The second-order valence-electron chi connectivity index (χ2n) is 4.93. The van der Waals surface area contributed by atoms with Crippen LogP contribution in [-0.4, -0.2) is 11.7 Å². The lowest BCUT2D eigenvalue weighted by Crippen LogP contribution is -2.01. The summed E-state index contributed by atoms with van der Waals surface area (Å²) in [5.74, 6) is -4.10. The zero-order valence-corrected chi connectivity index (χ0v) is 12.2. The molecule has 0 fully saturated rings. The van der Waals surface area contributed by atoms with Crippen LogP contribution >= 0.6 is 0 Å². The number of halogens is 3. The quantitative estimate of drug-likeness (QED) is 0.757. The Morgan fingerprint density at radius 1 is 0.955 bits per heavy atom. The first kappa shape index (κ1) is 16.2. The summed E-state index contributed by atoms with van der Waals surface area (Å²) >= 11 is 0. The molecule has 2 nitrogen and oxygen atoms in total. The Hall–Kier alpha value is -2.17. The summed E-state index contributed by atoms with van der Waals surface area (Å²) in [4.78, 5) is 0. The van der Waals surface area contributed by atoms with Gasteiger partial charge in [0, 0.05) is 11.1 Å². The molecule has 1 N–H and O–H groups in total. The van der Waals surface area contributed by atoms with Crippen LogP contribution in [0, 0.1) is 17.5 Å². The highest BCUT2D eigenvalue weighted by Crippen LogP contribution is 2.35. The molecule has 0 aromatic heterocycles. The summed E-state index contributed by atoms with van der Waals surface area (Å²) in [6.07, 6.45) is 2.70. The Kier molecular flexibility index (Phi) is 5.31. The predicted octanol–water partition coefficient (Wildman–Crippen LogP) is 5.05. The number of unbranched alkanes of at least 4 members (excludes halogenated alkanes) is 2. The molecule has 0 aliphatic heterocycles. The molecule has 5 heteroatoms. The van der Waals surface area contributed by atoms with Gasteiger partial charge >= 0.3 is 0 Å². The SMILES string of the molecule is CCCCCOc1ccc(-c2cccc(F)c2O)c(F)c1F. The number of phenols is 1. The molecule has 0 saturated heterocycles. The molecule has 2 aromatic rings. The maximum absolute atomic E-state index is 14.1. The van der Waals surface area contributed by atoms with Crippen LogP contribution in [0.2, 0.25) is 0 Å². The van der Waals surface area contributed by atoms with Crippen molar-refractivity contribution in [2.75, 3.05) is 6.61 Å². The molecule has 118 valence electrons. The predicted molar refractivity (Wildman–Crippen MR) is 78.4 cm³/mol. The molecule has 2 aromatic carbocycles. The van der Waals surface area contributed by atoms with Gasteiger partial charge in [-0.15, -0.1) is 0 Å². The van der Waals surface area contributed by atoms with E-state index in [1.54, 1.807) is 0 Å². The smallest absolute Gasteiger partial charge is 0.201 e. The van der Waals surface area contributed by atoms with Gasteiger partial charge in [-0.1, -0.05) is 31.9 Å². The van der Waals surface area contributed by atoms with Gasteiger partial charge in [0.1, 0.15) is 0 Å². The van der Waals surface area contributed by atoms with Crippen molar-refractivity contribution in [2.24, 2.45) is 0 Å². The normalized spacial score (nSPS) is 10.7. The molecule has 22 heavy (non-hydrogen) atoms. The lowest BCUT2D eigenvalue weighted by Gasteiger charge is -2.11. The maximum Gasteiger partial charge on any atom is 0.201 e. The Labute approximate surface area is 127 Å². The van der Waals surface area contributed by atoms with Crippen molar-refractivity contribution in [2.45, 2.75) is 26.2 Å². The fourth-order valence-corrected chi connectivity index (χ4v) is 2.12. The highest BCUT2D eigenvalue weighted by atomic mass is 19.2. The first-order chi connectivity index (χ1) is 10.6. The number of hydrogen-bond donors (Lipinski definition) is 1. The monoisotopic (exact) mass is 310 g/mol. The molecule has 0 unspecified atom stereocenters. The molecule has 0 atom stereocenters. The van der Waals surface area contributed by atoms with Gasteiger partial charge in [-0.05, 0) is 24.6 Å². The van der Waals surface area contributed by atoms with E-state index in [2.05, 4.69) is 0 Å². The van der Waals surface area contributed by atoms with Crippen LogP contribution in [0.25, 0.3) is 11.1 Å². The van der Waals surface area contributed by atoms with E-state index in [0.717, 1.165) is 25.3 Å². The van der Waals surface area contributed by atoms with Crippen LogP contribution in [0.4, 0.5) is 13.2 Å². The minimum absolute atomic E-state index is 0.103. The third kappa shape index (κ3) is 3.35. The third-order valence-corrected chi connectivity index (χ3v) is 3.33. The standard InChI is InChI=1S/C17H17F3O2/c1-2-3-4-10-22-14-9-8-11(15(19)16(14)20)12-6-5-7-13(18)17(12)21/h5-9,21H,2-4,10H2,1H3. The van der Waals surface area contributed by atoms with Gasteiger partial charge in [0.05, 0.1) is 6.61 Å². The van der Waals surface area contributed by atoms with Gasteiger partial charge in [0.15, 0.2) is 23.1 Å². The molecule has 0 aliphatic rings. The summed E-state index contributed by atoms with van der Waals surface area (Å²) < 4.78 is 46.7. The van der Waals surface area contributed by atoms with Gasteiger partial charge in [0.25, 0.3) is 0 Å². The number of ether oxygens (including phenoxy) is 1. The van der Waals surface area contributed by atoms with Crippen molar-refractivity contribution in [1.82, 2.24) is 0 Å². The summed E-state index contributed by atoms with van der Waals surface area (Å²) in [7, 11) is 0. The Morgan fingerprint density at radius 2 is 1.73 bits per heavy atom. The fourth-order valence-electron chi connectivity index (χ4n) is 2.12. The zero-order chi connectivity index (χ0) is 16.1. The Morgan fingerprint density at radius 3 is 2.45 bits per heavy atom. The molecular weight excluding hydrogens is 293 g/mol. The fraction of sp³-hybridized carbons (Fsp3) is 0.294. The van der Waals surface area contributed by atoms with Crippen molar-refractivity contribution in [3.63, 3.8) is 0 Å². The van der Waals surface area contributed by atoms with Crippen LogP contribution in [0.15, 0.2) is 30.3 Å². The van der Waals surface area contributed by atoms with Gasteiger partial charge < -0.3 is 9.84 Å². The third-order valence-electron chi connectivity index (χ3n) is 3.33. The summed E-state index contributed by atoms with van der Waals surface area (Å²) in [5, 5.41) is 9.64. The number of rotatable bonds is 6. The van der Waals surface area contributed by atoms with E-state index in [-0.39, 0.29) is 16.9 Å². The van der Waals surface area contributed by atoms with E-state index < -0.39 is 23.2 Å². The molecule has 2 rings (SSSR count). The van der Waals surface area contributed by atoms with E-state index in [0.29, 0.717) is 6.61 Å². The van der Waals surface area contributed by atoms with E-state index in [1.165, 1.54) is 24.3 Å². The summed E-state index contributed by atoms with van der Waals surface area (Å²) in [5.41, 5.74) is -0.315. The van der Waals surface area contributed by atoms with E-state index in [9.17, 15) is 18.3 Å². The largest absolute Gasteiger partial charge is 0.504 e. The number of para-hydroxylation sites is 1. The van der Waals surface area contributed by atoms with Crippen LogP contribution in [0.3, 0.4) is 0 Å². The summed E-state index contributed by atoms with van der Waals surface area (Å²) in [6.45, 7) is 2.33. The number of phenolic OH excluding ortho intramolecular Hbond substituents is 1. The van der Waals surface area contributed by atoms with Crippen molar-refractivity contribution < 1.29 is 23.0 Å². The van der Waals surface area contributed by atoms with E-state index in [4.69, 9.17) is 4.74 Å². The Balaban J connectivity index is 2.28. The number of hydrogen-bond acceptors (Lipinski definition) is 2. The first-order valence-electron chi connectivity index (χ1n) is 7.15. The highest BCUT2D eigenvalue weighted by molar-refractivity contribution is 5.71. The van der Waals surface area contributed by atoms with E-state index in [1.807, 2.05) is 6.92 Å². The topological polar surface area (TPSA) is 29.5 Å². The van der Waals surface area contributed by atoms with Crippen LogP contribution < -0.4 is 4.74 Å². The number of benzene rings is 2. The minimum Gasteiger partial charge on any atom is -0.504 e. The van der Waals surface area contributed by atoms with Crippen LogP contribution in [0.5, 0.6) is 11.5 Å². The molecule has 0 radical (unpaired) electrons. The maximum atomic E-state index is 14.1. The molecule has 0 heterocycles. The molecule has 0 spiro atoms. The minimum atomic E-state index is -1.17. The number of aromatic hydroxyl groups is 1. The second-order valence-corrected chi connectivity index (χ2v) is 4.93. The lowest BCUT2D eigenvalue weighted by molar-refractivity contribution is 0.286. The van der Waals surface area contributed by atoms with Crippen molar-refractivity contribution >= 4 is 0 Å². The zero-order valence-electron chi connectivity index (χ0n) is 12.2. The second kappa shape index (κ2) is 7.20. The van der Waals surface area contributed by atoms with Crippen LogP contribution in [-0.2, 0) is 0 Å². The van der Waals surface area contributed by atoms with Crippen molar-refractivity contribution in [3.8, 4) is 22.6 Å². The van der Waals surface area contributed by atoms with Gasteiger partial charge in [-0.25, -0.2) is 8.78 Å². The molecule has 0 aliphatic carbocycles.